The van der Waals surface area contributed by atoms with Crippen LogP contribution in [0.15, 0.2) is 24.3 Å². The predicted octanol–water partition coefficient (Wildman–Crippen LogP) is 12.1. The van der Waals surface area contributed by atoms with Gasteiger partial charge < -0.3 is 35.2 Å². The number of nitrogens with one attached hydrogen (secondary N) is 1. The third-order valence-corrected chi connectivity index (χ3v) is 13.4. The van der Waals surface area contributed by atoms with E-state index in [1.165, 1.54) is 186 Å². The van der Waals surface area contributed by atoms with Gasteiger partial charge in [-0.25, -0.2) is 4.18 Å². The summed E-state index contributed by atoms with van der Waals surface area (Å²) in [5.41, 5.74) is 0. The summed E-state index contributed by atoms with van der Waals surface area (Å²) in [6.07, 6.45) is 43.8. The Morgan fingerprint density at radius 3 is 1.36 bits per heavy atom. The van der Waals surface area contributed by atoms with Crippen molar-refractivity contribution in [1.82, 2.24) is 5.32 Å². The van der Waals surface area contributed by atoms with Gasteiger partial charge in [-0.3, -0.25) is 9.35 Å². The van der Waals surface area contributed by atoms with Crippen LogP contribution in [0.25, 0.3) is 0 Å². The van der Waals surface area contributed by atoms with Crippen molar-refractivity contribution in [3.8, 4) is 0 Å². The lowest BCUT2D eigenvalue weighted by atomic mass is 9.99. The molecule has 0 radical (unpaired) electrons. The zero-order chi connectivity index (χ0) is 48.4. The Bertz CT molecular complexity index is 1270. The smallest absolute Gasteiger partial charge is 0.394 e. The molecule has 1 amide bonds. The summed E-state index contributed by atoms with van der Waals surface area (Å²) in [5.74, 6) is -0.262. The number of ether oxygens (including phenoxy) is 2. The summed E-state index contributed by atoms with van der Waals surface area (Å²) in [6.45, 7) is 3.40. The molecule has 1 saturated heterocycles. The van der Waals surface area contributed by atoms with E-state index < -0.39 is 59.9 Å². The molecule has 1 heterocycles. The van der Waals surface area contributed by atoms with Crippen LogP contribution in [0.5, 0.6) is 0 Å². The van der Waals surface area contributed by atoms with Crippen molar-refractivity contribution >= 4 is 16.3 Å². The lowest BCUT2D eigenvalue weighted by Gasteiger charge is -2.41. The fourth-order valence-electron chi connectivity index (χ4n) is 8.74. The minimum atomic E-state index is -5.08. The Balaban J connectivity index is 2.32. The van der Waals surface area contributed by atoms with Crippen LogP contribution in [0.4, 0.5) is 0 Å². The number of allylic oxidation sites excluding steroid dienone is 3. The first-order valence-corrected chi connectivity index (χ1v) is 28.6. The molecule has 13 heteroatoms. The monoisotopic (exact) mass is 960 g/mol. The molecule has 0 aromatic carbocycles. The van der Waals surface area contributed by atoms with Crippen LogP contribution in [0.1, 0.15) is 251 Å². The van der Waals surface area contributed by atoms with Crippen LogP contribution in [0, 0.1) is 0 Å². The highest BCUT2D eigenvalue weighted by Gasteiger charge is 2.48. The number of carbonyl (C=O) groups excluding carboxylic acids is 1. The maximum atomic E-state index is 13.1. The highest BCUT2D eigenvalue weighted by Crippen LogP contribution is 2.26. The predicted molar refractivity (Wildman–Crippen MR) is 269 cm³/mol. The Morgan fingerprint density at radius 2 is 0.970 bits per heavy atom. The average Bonchev–Trinajstić information content (AvgIpc) is 3.29. The molecular formula is C53H101NO11S. The van der Waals surface area contributed by atoms with Crippen molar-refractivity contribution < 1.29 is 51.8 Å². The molecule has 0 saturated carbocycles. The van der Waals surface area contributed by atoms with Gasteiger partial charge in [0.1, 0.15) is 24.4 Å². The molecule has 1 fully saturated rings. The zero-order valence-electron chi connectivity index (χ0n) is 42.0. The van der Waals surface area contributed by atoms with Crippen LogP contribution in [0.3, 0.4) is 0 Å². The second-order valence-electron chi connectivity index (χ2n) is 19.2. The van der Waals surface area contributed by atoms with Gasteiger partial charge in [-0.2, -0.15) is 8.42 Å². The topological polar surface area (TPSA) is 192 Å². The first-order chi connectivity index (χ1) is 32.0. The highest BCUT2D eigenvalue weighted by atomic mass is 32.3. The SMILES string of the molecule is CCCCCCCCCCCC/C=C/C(O)C(COC1OC(CO)C(O)C(OS(=O)(=O)O)C1O)NC(=O)CCCCCCCCCCCCC/C=C\CCCCCCCCCCCCCC. The van der Waals surface area contributed by atoms with Gasteiger partial charge in [-0.1, -0.05) is 224 Å². The number of hydrogen-bond donors (Lipinski definition) is 6. The molecule has 1 rings (SSSR count). The van der Waals surface area contributed by atoms with E-state index in [0.29, 0.717) is 6.42 Å². The molecule has 66 heavy (non-hydrogen) atoms. The molecule has 1 aliphatic rings. The minimum absolute atomic E-state index is 0.262. The summed E-state index contributed by atoms with van der Waals surface area (Å²) >= 11 is 0. The summed E-state index contributed by atoms with van der Waals surface area (Å²) in [5, 5.41) is 44.8. The van der Waals surface area contributed by atoms with Crippen LogP contribution in [0.2, 0.25) is 0 Å². The quantitative estimate of drug-likeness (QED) is 0.0193. The third kappa shape index (κ3) is 35.7. The second kappa shape index (κ2) is 43.6. The Kier molecular flexibility index (Phi) is 41.3. The molecule has 0 aromatic rings. The van der Waals surface area contributed by atoms with Crippen LogP contribution in [-0.4, -0.2) is 95.4 Å². The van der Waals surface area contributed by atoms with Gasteiger partial charge in [-0.15, -0.1) is 0 Å². The molecule has 12 nitrogen and oxygen atoms in total. The highest BCUT2D eigenvalue weighted by molar-refractivity contribution is 7.80. The van der Waals surface area contributed by atoms with Crippen molar-refractivity contribution in [1.29, 1.82) is 0 Å². The second-order valence-corrected chi connectivity index (χ2v) is 20.2. The van der Waals surface area contributed by atoms with Crippen LogP contribution >= 0.6 is 0 Å². The number of unbranched alkanes of at least 4 members (excludes halogenated alkanes) is 33. The van der Waals surface area contributed by atoms with Gasteiger partial charge in [0.25, 0.3) is 0 Å². The number of rotatable bonds is 47. The molecule has 0 bridgehead atoms. The molecule has 1 aliphatic heterocycles. The lowest BCUT2D eigenvalue weighted by Crippen LogP contribution is -2.61. The summed E-state index contributed by atoms with van der Waals surface area (Å²) in [6, 6.07) is -0.942. The van der Waals surface area contributed by atoms with Gasteiger partial charge in [0.15, 0.2) is 6.29 Å². The van der Waals surface area contributed by atoms with E-state index in [2.05, 4.69) is 35.5 Å². The average molecular weight is 960 g/mol. The number of amides is 1. The number of aliphatic hydroxyl groups is 4. The molecule has 390 valence electrons. The summed E-state index contributed by atoms with van der Waals surface area (Å²) < 4.78 is 47.7. The Hall–Kier alpha value is -1.42. The number of aliphatic hydroxyl groups excluding tert-OH is 4. The lowest BCUT2D eigenvalue weighted by molar-refractivity contribution is -0.298. The number of hydrogen-bond acceptors (Lipinski definition) is 10. The minimum Gasteiger partial charge on any atom is -0.394 e. The standard InChI is InChI=1S/C53H101NO11S/c1-3-5-7-9-11-13-15-17-18-19-20-21-22-23-24-25-26-27-28-29-30-31-33-35-37-39-41-43-49(57)54-46(47(56)42-40-38-36-34-32-16-14-12-10-8-6-4-2)45-63-53-51(59)52(65-66(60,61)62)50(58)48(44-55)64-53/h23-24,40,42,46-48,50-53,55-56,58-59H,3-22,25-39,41,43-45H2,1-2H3,(H,54,57)(H,60,61,62)/b24-23-,42-40+. The summed E-state index contributed by atoms with van der Waals surface area (Å²) in [4.78, 5) is 13.1. The molecule has 0 aliphatic carbocycles. The van der Waals surface area contributed by atoms with Crippen molar-refractivity contribution in [2.45, 2.75) is 294 Å². The fraction of sp³-hybridized carbons (Fsp3) is 0.906. The normalized spacial score (nSPS) is 20.1. The van der Waals surface area contributed by atoms with E-state index in [4.69, 9.17) is 9.47 Å². The largest absolute Gasteiger partial charge is 0.397 e. The van der Waals surface area contributed by atoms with Gasteiger partial charge in [0.2, 0.25) is 5.91 Å². The van der Waals surface area contributed by atoms with E-state index in [-0.39, 0.29) is 18.9 Å². The van der Waals surface area contributed by atoms with Gasteiger partial charge in [0, 0.05) is 6.42 Å². The van der Waals surface area contributed by atoms with Crippen molar-refractivity contribution in [3.63, 3.8) is 0 Å². The van der Waals surface area contributed by atoms with Gasteiger partial charge >= 0.3 is 10.4 Å². The van der Waals surface area contributed by atoms with E-state index in [1.807, 2.05) is 6.08 Å². The van der Waals surface area contributed by atoms with Crippen molar-refractivity contribution in [2.24, 2.45) is 0 Å². The maximum absolute atomic E-state index is 13.1. The van der Waals surface area contributed by atoms with Crippen molar-refractivity contribution in [3.05, 3.63) is 24.3 Å². The Labute approximate surface area is 403 Å². The van der Waals surface area contributed by atoms with E-state index in [9.17, 15) is 38.2 Å². The molecule has 7 atom stereocenters. The van der Waals surface area contributed by atoms with Gasteiger partial charge in [-0.05, 0) is 44.9 Å². The van der Waals surface area contributed by atoms with Crippen LogP contribution in [-0.2, 0) is 28.9 Å². The molecular weight excluding hydrogens is 859 g/mol. The van der Waals surface area contributed by atoms with E-state index >= 15 is 0 Å². The number of carbonyl (C=O) groups is 1. The van der Waals surface area contributed by atoms with Crippen LogP contribution < -0.4 is 5.32 Å². The third-order valence-electron chi connectivity index (χ3n) is 13.0. The fourth-order valence-corrected chi connectivity index (χ4v) is 9.25. The van der Waals surface area contributed by atoms with E-state index in [1.54, 1.807) is 6.08 Å². The first-order valence-electron chi connectivity index (χ1n) is 27.2. The maximum Gasteiger partial charge on any atom is 0.397 e. The Morgan fingerprint density at radius 1 is 0.591 bits per heavy atom. The molecule has 0 spiro atoms. The first kappa shape index (κ1) is 62.6. The van der Waals surface area contributed by atoms with E-state index in [0.717, 1.165) is 38.5 Å². The summed E-state index contributed by atoms with van der Waals surface area (Å²) in [7, 11) is -5.08. The zero-order valence-corrected chi connectivity index (χ0v) is 42.8. The molecule has 0 aromatic heterocycles. The molecule has 6 N–H and O–H groups in total. The van der Waals surface area contributed by atoms with Crippen molar-refractivity contribution in [2.75, 3.05) is 13.2 Å². The van der Waals surface area contributed by atoms with Gasteiger partial charge in [0.05, 0.1) is 25.4 Å². The molecule has 7 unspecified atom stereocenters.